The van der Waals surface area contributed by atoms with Crippen LogP contribution in [0.2, 0.25) is 0 Å². The third kappa shape index (κ3) is 3.04. The molecule has 0 radical (unpaired) electrons. The molecule has 5 heteroatoms. The molecule has 2 fully saturated rings. The normalized spacial score (nSPS) is 28.9. The average molecular weight is 245 g/mol. The number of hydrogen-bond acceptors (Lipinski definition) is 4. The van der Waals surface area contributed by atoms with Crippen LogP contribution in [0.15, 0.2) is 0 Å². The molecule has 0 unspecified atom stereocenters. The van der Waals surface area contributed by atoms with Crippen molar-refractivity contribution in [1.82, 2.24) is 4.90 Å². The molecule has 2 aliphatic rings. The molecule has 0 spiro atoms. The molecule has 0 aromatic heterocycles. The van der Waals surface area contributed by atoms with Gasteiger partial charge < -0.3 is 0 Å². The first-order valence-corrected chi connectivity index (χ1v) is 7.85. The molecule has 1 aliphatic heterocycles. The van der Waals surface area contributed by atoms with E-state index in [0.717, 1.165) is 25.8 Å². The molecular formula is C11H19NO3S. The summed E-state index contributed by atoms with van der Waals surface area (Å²) in [6, 6.07) is 0.436. The Bertz CT molecular complexity index is 353. The van der Waals surface area contributed by atoms with Crippen molar-refractivity contribution in [2.75, 3.05) is 24.6 Å². The lowest BCUT2D eigenvalue weighted by atomic mass is 9.93. The van der Waals surface area contributed by atoms with Crippen molar-refractivity contribution in [2.24, 2.45) is 0 Å². The zero-order valence-electron chi connectivity index (χ0n) is 9.52. The number of nitrogens with zero attached hydrogens (tertiary/aromatic N) is 1. The topological polar surface area (TPSA) is 54.5 Å². The maximum Gasteiger partial charge on any atom is 0.151 e. The Morgan fingerprint density at radius 3 is 2.44 bits per heavy atom. The lowest BCUT2D eigenvalue weighted by Gasteiger charge is -2.32. The summed E-state index contributed by atoms with van der Waals surface area (Å²) < 4.78 is 22.9. The van der Waals surface area contributed by atoms with Crippen LogP contribution in [0, 0.1) is 0 Å². The zero-order chi connectivity index (χ0) is 11.6. The fourth-order valence-corrected chi connectivity index (χ4v) is 3.90. The van der Waals surface area contributed by atoms with Crippen LogP contribution in [0.25, 0.3) is 0 Å². The summed E-state index contributed by atoms with van der Waals surface area (Å²) in [6.07, 6.45) is 3.92. The fourth-order valence-electron chi connectivity index (χ4n) is 2.61. The molecule has 92 valence electrons. The Kier molecular flexibility index (Phi) is 3.64. The van der Waals surface area contributed by atoms with Crippen LogP contribution >= 0.6 is 0 Å². The number of sulfone groups is 1. The minimum atomic E-state index is -2.81. The second-order valence-electron chi connectivity index (χ2n) is 4.81. The summed E-state index contributed by atoms with van der Waals surface area (Å²) in [5.41, 5.74) is 0. The molecule has 1 saturated carbocycles. The first-order valence-electron chi connectivity index (χ1n) is 6.03. The molecule has 1 heterocycles. The highest BCUT2D eigenvalue weighted by molar-refractivity contribution is 7.91. The summed E-state index contributed by atoms with van der Waals surface area (Å²) in [4.78, 5) is 13.4. The van der Waals surface area contributed by atoms with Crippen LogP contribution in [-0.2, 0) is 14.6 Å². The SMILES string of the molecule is O=C1CCC(N2CCCS(=O)(=O)CC2)CC1. The standard InChI is InChI=1S/C11H19NO3S/c13-11-4-2-10(3-5-11)12-6-1-8-16(14,15)9-7-12/h10H,1-9H2. The summed E-state index contributed by atoms with van der Waals surface area (Å²) >= 11 is 0. The Hall–Kier alpha value is -0.420. The highest BCUT2D eigenvalue weighted by Crippen LogP contribution is 2.21. The van der Waals surface area contributed by atoms with E-state index in [1.54, 1.807) is 0 Å². The molecule has 0 bridgehead atoms. The van der Waals surface area contributed by atoms with Crippen molar-refractivity contribution >= 4 is 15.6 Å². The number of ketones is 1. The van der Waals surface area contributed by atoms with E-state index in [2.05, 4.69) is 4.90 Å². The van der Waals surface area contributed by atoms with E-state index in [-0.39, 0.29) is 5.75 Å². The first-order chi connectivity index (χ1) is 7.57. The number of Topliss-reactive ketones (excluding diaryl/α,β-unsaturated/α-hetero) is 1. The smallest absolute Gasteiger partial charge is 0.151 e. The largest absolute Gasteiger partial charge is 0.300 e. The van der Waals surface area contributed by atoms with Crippen LogP contribution < -0.4 is 0 Å². The van der Waals surface area contributed by atoms with Gasteiger partial charge in [0.2, 0.25) is 0 Å². The third-order valence-electron chi connectivity index (χ3n) is 3.62. The van der Waals surface area contributed by atoms with Gasteiger partial charge in [0.05, 0.1) is 11.5 Å². The van der Waals surface area contributed by atoms with Gasteiger partial charge in [0, 0.05) is 25.4 Å². The van der Waals surface area contributed by atoms with Gasteiger partial charge in [-0.25, -0.2) is 8.42 Å². The lowest BCUT2D eigenvalue weighted by Crippen LogP contribution is -2.39. The summed E-state index contributed by atoms with van der Waals surface area (Å²) in [6.45, 7) is 1.53. The summed E-state index contributed by atoms with van der Waals surface area (Å²) in [7, 11) is -2.81. The Morgan fingerprint density at radius 2 is 1.75 bits per heavy atom. The van der Waals surface area contributed by atoms with Crippen molar-refractivity contribution < 1.29 is 13.2 Å². The van der Waals surface area contributed by atoms with Gasteiger partial charge in [-0.05, 0) is 25.8 Å². The number of hydrogen-bond donors (Lipinski definition) is 0. The number of carbonyl (C=O) groups excluding carboxylic acids is 1. The number of rotatable bonds is 1. The summed E-state index contributed by atoms with van der Waals surface area (Å²) in [5, 5.41) is 0. The van der Waals surface area contributed by atoms with Crippen LogP contribution in [0.5, 0.6) is 0 Å². The zero-order valence-corrected chi connectivity index (χ0v) is 10.3. The van der Waals surface area contributed by atoms with Crippen molar-refractivity contribution in [3.63, 3.8) is 0 Å². The van der Waals surface area contributed by atoms with Crippen LogP contribution in [-0.4, -0.2) is 49.7 Å². The Balaban J connectivity index is 1.92. The minimum Gasteiger partial charge on any atom is -0.300 e. The second-order valence-corrected chi connectivity index (χ2v) is 7.11. The predicted octanol–water partition coefficient (Wildman–Crippen LogP) is 0.619. The maximum absolute atomic E-state index is 11.5. The van der Waals surface area contributed by atoms with Gasteiger partial charge in [-0.15, -0.1) is 0 Å². The molecule has 0 aromatic carbocycles. The highest BCUT2D eigenvalue weighted by Gasteiger charge is 2.27. The second kappa shape index (κ2) is 4.84. The molecule has 0 N–H and O–H groups in total. The molecule has 16 heavy (non-hydrogen) atoms. The molecular weight excluding hydrogens is 226 g/mol. The minimum absolute atomic E-state index is 0.289. The van der Waals surface area contributed by atoms with Crippen molar-refractivity contribution in [3.8, 4) is 0 Å². The van der Waals surface area contributed by atoms with Gasteiger partial charge in [0.25, 0.3) is 0 Å². The van der Waals surface area contributed by atoms with E-state index >= 15 is 0 Å². The number of carbonyl (C=O) groups is 1. The Labute approximate surface area is 96.9 Å². The van der Waals surface area contributed by atoms with Gasteiger partial charge in [0.15, 0.2) is 9.84 Å². The molecule has 0 amide bonds. The third-order valence-corrected chi connectivity index (χ3v) is 5.33. The highest BCUT2D eigenvalue weighted by atomic mass is 32.2. The predicted molar refractivity (Wildman–Crippen MR) is 62.1 cm³/mol. The molecule has 0 aromatic rings. The first kappa shape index (κ1) is 12.0. The molecule has 1 saturated heterocycles. The monoisotopic (exact) mass is 245 g/mol. The van der Waals surface area contributed by atoms with Crippen LogP contribution in [0.1, 0.15) is 32.1 Å². The van der Waals surface area contributed by atoms with E-state index in [4.69, 9.17) is 0 Å². The quantitative estimate of drug-likeness (QED) is 0.679. The van der Waals surface area contributed by atoms with Gasteiger partial charge in [-0.3, -0.25) is 9.69 Å². The molecule has 2 rings (SSSR count). The van der Waals surface area contributed by atoms with E-state index in [1.165, 1.54) is 0 Å². The van der Waals surface area contributed by atoms with E-state index < -0.39 is 9.84 Å². The van der Waals surface area contributed by atoms with Gasteiger partial charge >= 0.3 is 0 Å². The van der Waals surface area contributed by atoms with Gasteiger partial charge in [-0.2, -0.15) is 0 Å². The molecule has 0 atom stereocenters. The maximum atomic E-state index is 11.5. The molecule has 1 aliphatic carbocycles. The van der Waals surface area contributed by atoms with Gasteiger partial charge in [-0.1, -0.05) is 0 Å². The fraction of sp³-hybridized carbons (Fsp3) is 0.909. The Morgan fingerprint density at radius 1 is 1.06 bits per heavy atom. The van der Waals surface area contributed by atoms with E-state index in [0.29, 0.717) is 37.0 Å². The van der Waals surface area contributed by atoms with Crippen LogP contribution in [0.4, 0.5) is 0 Å². The van der Waals surface area contributed by atoms with Gasteiger partial charge in [0.1, 0.15) is 5.78 Å². The van der Waals surface area contributed by atoms with Crippen LogP contribution in [0.3, 0.4) is 0 Å². The van der Waals surface area contributed by atoms with Crippen molar-refractivity contribution in [2.45, 2.75) is 38.1 Å². The molecule has 4 nitrogen and oxygen atoms in total. The average Bonchev–Trinajstić information content (AvgIpc) is 2.41. The van der Waals surface area contributed by atoms with E-state index in [1.807, 2.05) is 0 Å². The summed E-state index contributed by atoms with van der Waals surface area (Å²) in [5.74, 6) is 0.978. The van der Waals surface area contributed by atoms with Crippen molar-refractivity contribution in [1.29, 1.82) is 0 Å². The van der Waals surface area contributed by atoms with E-state index in [9.17, 15) is 13.2 Å². The lowest BCUT2D eigenvalue weighted by molar-refractivity contribution is -0.121. The van der Waals surface area contributed by atoms with Crippen molar-refractivity contribution in [3.05, 3.63) is 0 Å².